The molecule has 4 aromatic rings. The molecule has 0 aliphatic heterocycles. The number of ether oxygens (including phenoxy) is 1. The zero-order valence-electron chi connectivity index (χ0n) is 18.5. The fourth-order valence-electron chi connectivity index (χ4n) is 3.47. The minimum Gasteiger partial charge on any atom is -0.467 e. The van der Waals surface area contributed by atoms with Gasteiger partial charge in [-0.2, -0.15) is 9.97 Å². The van der Waals surface area contributed by atoms with Crippen molar-refractivity contribution < 1.29 is 14.1 Å². The highest BCUT2D eigenvalue weighted by molar-refractivity contribution is 5.93. The number of hydrogen-bond acceptors (Lipinski definition) is 6. The van der Waals surface area contributed by atoms with Crippen LogP contribution in [0.15, 0.2) is 53.1 Å². The maximum atomic E-state index is 12.3. The Kier molecular flexibility index (Phi) is 6.44. The molecule has 164 valence electrons. The highest BCUT2D eigenvalue weighted by atomic mass is 16.5. The second-order valence-corrected chi connectivity index (χ2v) is 7.81. The Balaban J connectivity index is 1.43. The lowest BCUT2D eigenvalue weighted by Gasteiger charge is -2.09. The summed E-state index contributed by atoms with van der Waals surface area (Å²) < 4.78 is 11.2. The highest BCUT2D eigenvalue weighted by Gasteiger charge is 2.20. The molecule has 2 heterocycles. The first kappa shape index (κ1) is 21.5. The van der Waals surface area contributed by atoms with Gasteiger partial charge in [0.05, 0.1) is 0 Å². The lowest BCUT2D eigenvalue weighted by atomic mass is 10.0. The fourth-order valence-corrected chi connectivity index (χ4v) is 3.47. The van der Waals surface area contributed by atoms with E-state index in [9.17, 15) is 4.79 Å². The zero-order valence-corrected chi connectivity index (χ0v) is 18.5. The number of carbonyl (C=O) groups excluding carboxylic acids is 1. The number of nitrogens with zero attached hydrogens (tertiary/aromatic N) is 3. The highest BCUT2D eigenvalue weighted by Crippen LogP contribution is 2.33. The van der Waals surface area contributed by atoms with Crippen molar-refractivity contribution in [2.24, 2.45) is 0 Å². The van der Waals surface area contributed by atoms with E-state index in [0.29, 0.717) is 35.0 Å². The molecule has 4 rings (SSSR count). The van der Waals surface area contributed by atoms with E-state index in [2.05, 4.69) is 39.5 Å². The second kappa shape index (κ2) is 9.60. The number of rotatable bonds is 8. The smallest absolute Gasteiger partial charge is 0.265 e. The summed E-state index contributed by atoms with van der Waals surface area (Å²) in [5.74, 6) is 0.576. The van der Waals surface area contributed by atoms with Gasteiger partial charge in [-0.15, -0.1) is 0 Å². The van der Waals surface area contributed by atoms with Crippen LogP contribution in [0, 0.1) is 20.8 Å². The van der Waals surface area contributed by atoms with Crippen LogP contribution in [0.5, 0.6) is 5.88 Å². The first-order valence-corrected chi connectivity index (χ1v) is 10.7. The summed E-state index contributed by atoms with van der Waals surface area (Å²) in [6.07, 6.45) is 1.77. The van der Waals surface area contributed by atoms with Gasteiger partial charge in [-0.25, -0.2) is 0 Å². The molecule has 0 unspecified atom stereocenters. The second-order valence-electron chi connectivity index (χ2n) is 7.81. The fraction of sp³-hybridized carbons (Fsp3) is 0.280. The maximum absolute atomic E-state index is 12.3. The van der Waals surface area contributed by atoms with E-state index in [1.807, 2.05) is 43.3 Å². The monoisotopic (exact) mass is 430 g/mol. The van der Waals surface area contributed by atoms with Gasteiger partial charge in [-0.3, -0.25) is 4.79 Å². The lowest BCUT2D eigenvalue weighted by Crippen LogP contribution is -2.30. The molecule has 32 heavy (non-hydrogen) atoms. The van der Waals surface area contributed by atoms with E-state index >= 15 is 0 Å². The molecule has 0 radical (unpaired) electrons. The SMILES string of the molecule is Cc1nc(OCC(=O)NCCCc2ccccc2)c2c(-c3ccc(C)c(C)c3)noc2n1. The predicted octanol–water partition coefficient (Wildman–Crippen LogP) is 4.34. The summed E-state index contributed by atoms with van der Waals surface area (Å²) in [5, 5.41) is 7.66. The van der Waals surface area contributed by atoms with Crippen LogP contribution in [0.25, 0.3) is 22.4 Å². The molecule has 1 N–H and O–H groups in total. The summed E-state index contributed by atoms with van der Waals surface area (Å²) in [6.45, 7) is 6.28. The first-order chi connectivity index (χ1) is 15.5. The Labute approximate surface area is 186 Å². The Morgan fingerprint density at radius 1 is 1.03 bits per heavy atom. The molecule has 0 saturated carbocycles. The van der Waals surface area contributed by atoms with Crippen LogP contribution in [-0.4, -0.2) is 34.2 Å². The molecule has 0 fully saturated rings. The minimum absolute atomic E-state index is 0.144. The van der Waals surface area contributed by atoms with Crippen LogP contribution < -0.4 is 10.1 Å². The Morgan fingerprint density at radius 3 is 2.62 bits per heavy atom. The van der Waals surface area contributed by atoms with Gasteiger partial charge in [0.1, 0.15) is 16.9 Å². The van der Waals surface area contributed by atoms with E-state index < -0.39 is 0 Å². The topological polar surface area (TPSA) is 90.1 Å². The normalized spacial score (nSPS) is 11.0. The van der Waals surface area contributed by atoms with E-state index in [1.165, 1.54) is 11.1 Å². The zero-order chi connectivity index (χ0) is 22.5. The van der Waals surface area contributed by atoms with Crippen LogP contribution in [0.3, 0.4) is 0 Å². The molecular formula is C25H26N4O3. The van der Waals surface area contributed by atoms with E-state index in [4.69, 9.17) is 9.26 Å². The number of carbonyl (C=O) groups is 1. The van der Waals surface area contributed by atoms with Gasteiger partial charge < -0.3 is 14.6 Å². The van der Waals surface area contributed by atoms with Crippen LogP contribution in [-0.2, 0) is 11.2 Å². The number of benzene rings is 2. The van der Waals surface area contributed by atoms with Gasteiger partial charge in [-0.05, 0) is 56.4 Å². The molecule has 0 saturated heterocycles. The summed E-state index contributed by atoms with van der Waals surface area (Å²) in [6, 6.07) is 16.2. The maximum Gasteiger partial charge on any atom is 0.265 e. The summed E-state index contributed by atoms with van der Waals surface area (Å²) in [7, 11) is 0. The van der Waals surface area contributed by atoms with Crippen LogP contribution in [0.1, 0.15) is 28.9 Å². The molecule has 2 aromatic heterocycles. The average Bonchev–Trinajstić information content (AvgIpc) is 3.21. The largest absolute Gasteiger partial charge is 0.467 e. The Bertz CT molecular complexity index is 1230. The predicted molar refractivity (Wildman–Crippen MR) is 123 cm³/mol. The molecule has 0 aliphatic carbocycles. The van der Waals surface area contributed by atoms with Crippen molar-refractivity contribution in [2.75, 3.05) is 13.2 Å². The number of amides is 1. The van der Waals surface area contributed by atoms with Gasteiger partial charge >= 0.3 is 0 Å². The minimum atomic E-state index is -0.202. The van der Waals surface area contributed by atoms with Gasteiger partial charge in [0.2, 0.25) is 5.88 Å². The van der Waals surface area contributed by atoms with Gasteiger partial charge in [0.15, 0.2) is 6.61 Å². The standard InChI is InChI=1S/C25H26N4O3/c1-16-11-12-20(14-17(16)2)23-22-24(27-18(3)28-25(22)32-29-23)31-15-21(30)26-13-7-10-19-8-5-4-6-9-19/h4-6,8-9,11-12,14H,7,10,13,15H2,1-3H3,(H,26,30). The van der Waals surface area contributed by atoms with Gasteiger partial charge in [-0.1, -0.05) is 47.6 Å². The number of aromatic nitrogens is 3. The number of aryl methyl sites for hydroxylation is 4. The van der Waals surface area contributed by atoms with Crippen LogP contribution in [0.4, 0.5) is 0 Å². The number of hydrogen-bond donors (Lipinski definition) is 1. The molecule has 1 amide bonds. The molecule has 0 aliphatic rings. The van der Waals surface area contributed by atoms with E-state index in [-0.39, 0.29) is 12.5 Å². The Hall–Kier alpha value is -3.74. The summed E-state index contributed by atoms with van der Waals surface area (Å²) in [4.78, 5) is 21.0. The summed E-state index contributed by atoms with van der Waals surface area (Å²) in [5.41, 5.74) is 5.40. The molecule has 0 bridgehead atoms. The number of fused-ring (bicyclic) bond motifs is 1. The van der Waals surface area contributed by atoms with Gasteiger partial charge in [0, 0.05) is 12.1 Å². The van der Waals surface area contributed by atoms with Crippen molar-refractivity contribution in [3.63, 3.8) is 0 Å². The van der Waals surface area contributed by atoms with Gasteiger partial charge in [0.25, 0.3) is 11.6 Å². The van der Waals surface area contributed by atoms with Crippen molar-refractivity contribution in [2.45, 2.75) is 33.6 Å². The summed E-state index contributed by atoms with van der Waals surface area (Å²) >= 11 is 0. The Morgan fingerprint density at radius 2 is 1.84 bits per heavy atom. The third kappa shape index (κ3) is 4.94. The first-order valence-electron chi connectivity index (χ1n) is 10.7. The van der Waals surface area contributed by atoms with Crippen LogP contribution >= 0.6 is 0 Å². The van der Waals surface area contributed by atoms with Crippen molar-refractivity contribution in [1.29, 1.82) is 0 Å². The van der Waals surface area contributed by atoms with E-state index in [1.54, 1.807) is 6.92 Å². The molecule has 0 atom stereocenters. The third-order valence-electron chi connectivity index (χ3n) is 5.34. The number of nitrogens with one attached hydrogen (secondary N) is 1. The van der Waals surface area contributed by atoms with Crippen molar-refractivity contribution in [1.82, 2.24) is 20.4 Å². The van der Waals surface area contributed by atoms with Crippen LogP contribution in [0.2, 0.25) is 0 Å². The third-order valence-corrected chi connectivity index (χ3v) is 5.34. The van der Waals surface area contributed by atoms with Crippen molar-refractivity contribution in [3.05, 3.63) is 71.0 Å². The molecule has 2 aromatic carbocycles. The molecule has 7 heteroatoms. The molecule has 7 nitrogen and oxygen atoms in total. The lowest BCUT2D eigenvalue weighted by molar-refractivity contribution is -0.123. The molecular weight excluding hydrogens is 404 g/mol. The average molecular weight is 431 g/mol. The quantitative estimate of drug-likeness (QED) is 0.418. The van der Waals surface area contributed by atoms with Crippen molar-refractivity contribution >= 4 is 17.0 Å². The van der Waals surface area contributed by atoms with E-state index in [0.717, 1.165) is 24.0 Å². The molecule has 0 spiro atoms. The van der Waals surface area contributed by atoms with Crippen molar-refractivity contribution in [3.8, 4) is 17.1 Å².